The van der Waals surface area contributed by atoms with Crippen molar-refractivity contribution in [1.29, 1.82) is 0 Å². The lowest BCUT2D eigenvalue weighted by Gasteiger charge is -2.12. The van der Waals surface area contributed by atoms with Gasteiger partial charge in [-0.25, -0.2) is 0 Å². The molecule has 82 valence electrons. The van der Waals surface area contributed by atoms with E-state index in [1.54, 1.807) is 0 Å². The molecule has 2 N–H and O–H groups in total. The van der Waals surface area contributed by atoms with Gasteiger partial charge in [-0.05, 0) is 26.2 Å². The summed E-state index contributed by atoms with van der Waals surface area (Å²) in [7, 11) is 0. The van der Waals surface area contributed by atoms with E-state index in [0.717, 1.165) is 19.0 Å². The molecule has 0 bridgehead atoms. The Hall–Kier alpha value is -0.570. The zero-order valence-corrected chi connectivity index (χ0v) is 9.31. The molecule has 1 amide bonds. The van der Waals surface area contributed by atoms with E-state index in [-0.39, 0.29) is 5.91 Å². The van der Waals surface area contributed by atoms with Gasteiger partial charge in [0.25, 0.3) is 0 Å². The number of nitrogens with one attached hydrogen (secondary N) is 2. The molecule has 1 rings (SSSR count). The molecule has 1 atom stereocenters. The predicted molar refractivity (Wildman–Crippen MR) is 58.1 cm³/mol. The van der Waals surface area contributed by atoms with Crippen LogP contribution in [0.4, 0.5) is 0 Å². The van der Waals surface area contributed by atoms with Crippen molar-refractivity contribution in [3.63, 3.8) is 0 Å². The van der Waals surface area contributed by atoms with Gasteiger partial charge < -0.3 is 10.6 Å². The monoisotopic (exact) mass is 198 g/mol. The van der Waals surface area contributed by atoms with Crippen molar-refractivity contribution in [2.24, 2.45) is 5.92 Å². The molecular formula is C11H22N2O. The molecule has 0 radical (unpaired) electrons. The zero-order chi connectivity index (χ0) is 10.4. The Labute approximate surface area is 86.6 Å². The Bertz CT molecular complexity index is 178. The number of hydrogen-bond acceptors (Lipinski definition) is 2. The summed E-state index contributed by atoms with van der Waals surface area (Å²) in [6.07, 6.45) is 4.68. The largest absolute Gasteiger partial charge is 0.356 e. The lowest BCUT2D eigenvalue weighted by molar-refractivity contribution is -0.120. The van der Waals surface area contributed by atoms with Crippen molar-refractivity contribution in [3.05, 3.63) is 0 Å². The molecule has 0 aromatic rings. The molecule has 3 heteroatoms. The third-order valence-corrected chi connectivity index (χ3v) is 2.60. The van der Waals surface area contributed by atoms with Crippen LogP contribution in [0.2, 0.25) is 0 Å². The maximum absolute atomic E-state index is 11.1. The molecule has 1 unspecified atom stereocenters. The van der Waals surface area contributed by atoms with E-state index < -0.39 is 0 Å². The van der Waals surface area contributed by atoms with Crippen LogP contribution in [0.25, 0.3) is 0 Å². The first-order valence-corrected chi connectivity index (χ1v) is 5.72. The second-order valence-electron chi connectivity index (χ2n) is 4.24. The van der Waals surface area contributed by atoms with Crippen LogP contribution >= 0.6 is 0 Å². The molecule has 1 fully saturated rings. The van der Waals surface area contributed by atoms with Gasteiger partial charge in [-0.15, -0.1) is 0 Å². The molecule has 3 nitrogen and oxygen atoms in total. The second-order valence-corrected chi connectivity index (χ2v) is 4.24. The summed E-state index contributed by atoms with van der Waals surface area (Å²) < 4.78 is 0. The molecule has 0 aliphatic heterocycles. The van der Waals surface area contributed by atoms with E-state index in [2.05, 4.69) is 17.6 Å². The van der Waals surface area contributed by atoms with E-state index in [0.29, 0.717) is 12.5 Å². The fourth-order valence-electron chi connectivity index (χ4n) is 1.65. The first kappa shape index (κ1) is 11.5. The lowest BCUT2D eigenvalue weighted by Crippen LogP contribution is -2.32. The zero-order valence-electron chi connectivity index (χ0n) is 9.31. The Kier molecular flexibility index (Phi) is 4.94. The van der Waals surface area contributed by atoms with E-state index in [1.807, 2.05) is 6.92 Å². The van der Waals surface area contributed by atoms with Gasteiger partial charge in [-0.3, -0.25) is 4.79 Å². The normalized spacial score (nSPS) is 17.9. The van der Waals surface area contributed by atoms with Crippen LogP contribution in [0.5, 0.6) is 0 Å². The van der Waals surface area contributed by atoms with Crippen LogP contribution in [0.3, 0.4) is 0 Å². The molecule has 0 spiro atoms. The quantitative estimate of drug-likeness (QED) is 0.647. The lowest BCUT2D eigenvalue weighted by atomic mass is 10.1. The highest BCUT2D eigenvalue weighted by Crippen LogP contribution is 2.33. The fraction of sp³-hybridized carbons (Fsp3) is 0.909. The molecule has 0 aromatic carbocycles. The topological polar surface area (TPSA) is 41.1 Å². The summed E-state index contributed by atoms with van der Waals surface area (Å²) in [5.41, 5.74) is 0. The second kappa shape index (κ2) is 6.02. The Morgan fingerprint density at radius 1 is 1.50 bits per heavy atom. The Balaban J connectivity index is 1.93. The van der Waals surface area contributed by atoms with Crippen LogP contribution in [0.1, 0.15) is 39.5 Å². The number of carbonyl (C=O) groups excluding carboxylic acids is 1. The maximum Gasteiger partial charge on any atom is 0.221 e. The summed E-state index contributed by atoms with van der Waals surface area (Å²) in [6, 6.07) is 0.567. The van der Waals surface area contributed by atoms with Crippen molar-refractivity contribution in [1.82, 2.24) is 10.6 Å². The highest BCUT2D eigenvalue weighted by Gasteiger charge is 2.23. The van der Waals surface area contributed by atoms with Crippen molar-refractivity contribution < 1.29 is 4.79 Å². The molecule has 1 aliphatic rings. The number of hydrogen-bond donors (Lipinski definition) is 2. The predicted octanol–water partition coefficient (Wildman–Crippen LogP) is 1.29. The molecule has 1 saturated carbocycles. The highest BCUT2D eigenvalue weighted by atomic mass is 16.1. The smallest absolute Gasteiger partial charge is 0.221 e. The molecule has 1 aliphatic carbocycles. The Morgan fingerprint density at radius 2 is 2.21 bits per heavy atom. The fourth-order valence-corrected chi connectivity index (χ4v) is 1.65. The summed E-state index contributed by atoms with van der Waals surface area (Å²) in [5, 5.41) is 6.18. The number of carbonyl (C=O) groups is 1. The minimum Gasteiger partial charge on any atom is -0.356 e. The van der Waals surface area contributed by atoms with Crippen LogP contribution < -0.4 is 10.6 Å². The van der Waals surface area contributed by atoms with Gasteiger partial charge in [-0.1, -0.05) is 12.8 Å². The first-order valence-electron chi connectivity index (χ1n) is 5.72. The van der Waals surface area contributed by atoms with Gasteiger partial charge in [0.05, 0.1) is 0 Å². The molecular weight excluding hydrogens is 176 g/mol. The summed E-state index contributed by atoms with van der Waals surface area (Å²) in [5.74, 6) is 1.11. The van der Waals surface area contributed by atoms with E-state index in [9.17, 15) is 4.79 Å². The van der Waals surface area contributed by atoms with Crippen LogP contribution in [0.15, 0.2) is 0 Å². The summed E-state index contributed by atoms with van der Waals surface area (Å²) in [4.78, 5) is 11.1. The van der Waals surface area contributed by atoms with E-state index in [4.69, 9.17) is 0 Å². The minimum absolute atomic E-state index is 0.152. The van der Waals surface area contributed by atoms with Gasteiger partial charge in [0.2, 0.25) is 5.91 Å². The molecule has 0 aromatic heterocycles. The van der Waals surface area contributed by atoms with Crippen molar-refractivity contribution in [2.75, 3.05) is 13.1 Å². The number of amides is 1. The van der Waals surface area contributed by atoms with Crippen LogP contribution in [-0.2, 0) is 4.79 Å². The summed E-state index contributed by atoms with van der Waals surface area (Å²) >= 11 is 0. The van der Waals surface area contributed by atoms with Gasteiger partial charge >= 0.3 is 0 Å². The van der Waals surface area contributed by atoms with E-state index in [1.165, 1.54) is 19.3 Å². The highest BCUT2D eigenvalue weighted by molar-refractivity contribution is 5.75. The van der Waals surface area contributed by atoms with Gasteiger partial charge in [-0.2, -0.15) is 0 Å². The van der Waals surface area contributed by atoms with Gasteiger partial charge in [0.15, 0.2) is 0 Å². The third kappa shape index (κ3) is 5.22. The summed E-state index contributed by atoms with van der Waals surface area (Å²) in [6.45, 7) is 5.69. The van der Waals surface area contributed by atoms with Gasteiger partial charge in [0.1, 0.15) is 0 Å². The van der Waals surface area contributed by atoms with Crippen LogP contribution in [0, 0.1) is 5.92 Å². The molecule has 0 heterocycles. The van der Waals surface area contributed by atoms with E-state index >= 15 is 0 Å². The Morgan fingerprint density at radius 3 is 2.79 bits per heavy atom. The first-order chi connectivity index (χ1) is 6.72. The van der Waals surface area contributed by atoms with Crippen molar-refractivity contribution in [2.45, 2.75) is 45.6 Å². The average molecular weight is 198 g/mol. The average Bonchev–Trinajstić information content (AvgIpc) is 2.88. The molecule has 0 saturated heterocycles. The van der Waals surface area contributed by atoms with Crippen LogP contribution in [-0.4, -0.2) is 25.0 Å². The number of rotatable bonds is 7. The molecule has 14 heavy (non-hydrogen) atoms. The standard InChI is InChI=1S/C11H22N2O/c1-3-12-11(14)6-7-13-9(2)8-10-4-5-10/h9-10,13H,3-8H2,1-2H3,(H,12,14). The van der Waals surface area contributed by atoms with Gasteiger partial charge in [0, 0.05) is 25.6 Å². The third-order valence-electron chi connectivity index (χ3n) is 2.60. The maximum atomic E-state index is 11.1. The SMILES string of the molecule is CCNC(=O)CCNC(C)CC1CC1. The minimum atomic E-state index is 0.152. The van der Waals surface area contributed by atoms with Crippen molar-refractivity contribution >= 4 is 5.91 Å². The van der Waals surface area contributed by atoms with Crippen molar-refractivity contribution in [3.8, 4) is 0 Å².